The predicted molar refractivity (Wildman–Crippen MR) is 98.1 cm³/mol. The Kier molecular flexibility index (Phi) is 4.46. The lowest BCUT2D eigenvalue weighted by molar-refractivity contribution is 0.0950. The average molecular weight is 353 g/mol. The number of H-pyrrole nitrogens is 1. The van der Waals surface area contributed by atoms with Crippen LogP contribution in [0, 0.1) is 0 Å². The third-order valence-electron chi connectivity index (χ3n) is 4.75. The summed E-state index contributed by atoms with van der Waals surface area (Å²) in [5.41, 5.74) is 4.76. The fourth-order valence-corrected chi connectivity index (χ4v) is 3.47. The number of hydrogen-bond donors (Lipinski definition) is 2. The molecule has 0 saturated heterocycles. The molecule has 0 radical (unpaired) electrons. The molecule has 1 aliphatic heterocycles. The molecule has 2 aromatic heterocycles. The Morgan fingerprint density at radius 1 is 1.38 bits per heavy atom. The van der Waals surface area contributed by atoms with Gasteiger partial charge in [-0.3, -0.25) is 14.6 Å². The molecule has 0 fully saturated rings. The topological polar surface area (TPSA) is 84.8 Å². The molecule has 7 nitrogen and oxygen atoms in total. The summed E-state index contributed by atoms with van der Waals surface area (Å²) in [5, 5.41) is 15.6. The molecule has 0 unspecified atom stereocenters. The summed E-state index contributed by atoms with van der Waals surface area (Å²) in [7, 11) is 0. The van der Waals surface area contributed by atoms with Gasteiger partial charge in [0.25, 0.3) is 5.91 Å². The largest absolute Gasteiger partial charge is 0.376 e. The summed E-state index contributed by atoms with van der Waals surface area (Å²) in [6.07, 6.45) is 1.58. The second kappa shape index (κ2) is 6.92. The van der Waals surface area contributed by atoms with Crippen molar-refractivity contribution < 1.29 is 9.53 Å². The van der Waals surface area contributed by atoms with Gasteiger partial charge in [0, 0.05) is 42.1 Å². The first kappa shape index (κ1) is 16.8. The summed E-state index contributed by atoms with van der Waals surface area (Å²) in [6.45, 7) is 6.14. The minimum Gasteiger partial charge on any atom is -0.376 e. The van der Waals surface area contributed by atoms with E-state index in [-0.39, 0.29) is 5.91 Å². The molecule has 0 bridgehead atoms. The van der Waals surface area contributed by atoms with Gasteiger partial charge < -0.3 is 10.1 Å². The summed E-state index contributed by atoms with van der Waals surface area (Å²) in [4.78, 5) is 12.5. The number of aromatic amines is 1. The molecule has 1 aliphatic rings. The van der Waals surface area contributed by atoms with E-state index in [1.54, 1.807) is 0 Å². The number of nitrogens with one attached hydrogen (secondary N) is 2. The molecule has 136 valence electrons. The van der Waals surface area contributed by atoms with Crippen molar-refractivity contribution in [1.82, 2.24) is 25.3 Å². The van der Waals surface area contributed by atoms with Gasteiger partial charge >= 0.3 is 0 Å². The summed E-state index contributed by atoms with van der Waals surface area (Å²) >= 11 is 0. The first-order valence-corrected chi connectivity index (χ1v) is 9.03. The van der Waals surface area contributed by atoms with Gasteiger partial charge in [0.15, 0.2) is 5.69 Å². The second-order valence-electron chi connectivity index (χ2n) is 6.84. The van der Waals surface area contributed by atoms with Crippen molar-refractivity contribution in [3.05, 3.63) is 46.9 Å². The fourth-order valence-electron chi connectivity index (χ4n) is 3.47. The zero-order chi connectivity index (χ0) is 18.1. The highest BCUT2D eigenvalue weighted by molar-refractivity contribution is 6.04. The molecule has 26 heavy (non-hydrogen) atoms. The first-order valence-electron chi connectivity index (χ1n) is 9.03. The molecule has 0 atom stereocenters. The predicted octanol–water partition coefficient (Wildman–Crippen LogP) is 2.39. The number of fused-ring (bicyclic) bond motifs is 2. The van der Waals surface area contributed by atoms with E-state index in [2.05, 4.69) is 34.0 Å². The number of rotatable bonds is 5. The Bertz CT molecular complexity index is 941. The lowest BCUT2D eigenvalue weighted by Gasteiger charge is -2.16. The SMILES string of the molecule is CC(C)n1nc(CCNC(=O)c2n[nH]c3ccccc23)c2c1CCOC2. The number of para-hydroxylation sites is 1. The Hall–Kier alpha value is -2.67. The van der Waals surface area contributed by atoms with Crippen LogP contribution in [-0.4, -0.2) is 39.0 Å². The van der Waals surface area contributed by atoms with Gasteiger partial charge in [-0.15, -0.1) is 0 Å². The van der Waals surface area contributed by atoms with Crippen molar-refractivity contribution in [2.45, 2.75) is 39.3 Å². The van der Waals surface area contributed by atoms with E-state index in [1.165, 1.54) is 11.3 Å². The Morgan fingerprint density at radius 3 is 3.08 bits per heavy atom. The number of carbonyl (C=O) groups excluding carboxylic acids is 1. The highest BCUT2D eigenvalue weighted by Gasteiger charge is 2.22. The van der Waals surface area contributed by atoms with Crippen molar-refractivity contribution in [2.24, 2.45) is 0 Å². The lowest BCUT2D eigenvalue weighted by atomic mass is 10.1. The average Bonchev–Trinajstić information content (AvgIpc) is 3.24. The number of ether oxygens (including phenoxy) is 1. The molecule has 1 aromatic carbocycles. The van der Waals surface area contributed by atoms with E-state index in [1.807, 2.05) is 24.3 Å². The standard InChI is InChI=1S/C19H23N5O2/c1-12(2)24-17-8-10-26-11-14(17)16(23-24)7-9-20-19(25)18-13-5-3-4-6-15(13)21-22-18/h3-6,12H,7-11H2,1-2H3,(H,20,25)(H,21,22). The van der Waals surface area contributed by atoms with E-state index in [4.69, 9.17) is 9.84 Å². The van der Waals surface area contributed by atoms with E-state index in [0.717, 1.165) is 29.6 Å². The number of hydrogen-bond acceptors (Lipinski definition) is 4. The molecule has 3 aromatic rings. The third kappa shape index (κ3) is 2.99. The molecular formula is C19H23N5O2. The molecule has 0 aliphatic carbocycles. The maximum absolute atomic E-state index is 12.5. The van der Waals surface area contributed by atoms with Crippen molar-refractivity contribution in [1.29, 1.82) is 0 Å². The van der Waals surface area contributed by atoms with E-state index in [0.29, 0.717) is 31.3 Å². The normalized spacial score (nSPS) is 14.0. The van der Waals surface area contributed by atoms with Crippen LogP contribution in [0.1, 0.15) is 47.3 Å². The summed E-state index contributed by atoms with van der Waals surface area (Å²) in [6, 6.07) is 7.94. The van der Waals surface area contributed by atoms with E-state index < -0.39 is 0 Å². The van der Waals surface area contributed by atoms with Crippen LogP contribution in [0.4, 0.5) is 0 Å². The quantitative estimate of drug-likeness (QED) is 0.737. The monoisotopic (exact) mass is 353 g/mol. The van der Waals surface area contributed by atoms with Crippen molar-refractivity contribution in [3.63, 3.8) is 0 Å². The van der Waals surface area contributed by atoms with E-state index >= 15 is 0 Å². The first-order chi connectivity index (χ1) is 12.6. The fraction of sp³-hybridized carbons (Fsp3) is 0.421. The van der Waals surface area contributed by atoms with Gasteiger partial charge in [-0.25, -0.2) is 0 Å². The highest BCUT2D eigenvalue weighted by Crippen LogP contribution is 2.24. The van der Waals surface area contributed by atoms with Gasteiger partial charge in [-0.05, 0) is 19.9 Å². The number of aromatic nitrogens is 4. The van der Waals surface area contributed by atoms with Crippen LogP contribution in [0.2, 0.25) is 0 Å². The lowest BCUT2D eigenvalue weighted by Crippen LogP contribution is -2.26. The summed E-state index contributed by atoms with van der Waals surface area (Å²) in [5.74, 6) is -0.171. The summed E-state index contributed by atoms with van der Waals surface area (Å²) < 4.78 is 7.70. The van der Waals surface area contributed by atoms with Crippen LogP contribution in [0.15, 0.2) is 24.3 Å². The molecule has 7 heteroatoms. The Labute approximate surface area is 151 Å². The van der Waals surface area contributed by atoms with Crippen LogP contribution in [0.25, 0.3) is 10.9 Å². The van der Waals surface area contributed by atoms with E-state index in [9.17, 15) is 4.79 Å². The van der Waals surface area contributed by atoms with Gasteiger partial charge in [0.2, 0.25) is 0 Å². The Morgan fingerprint density at radius 2 is 2.23 bits per heavy atom. The number of benzene rings is 1. The molecule has 2 N–H and O–H groups in total. The van der Waals surface area contributed by atoms with Crippen molar-refractivity contribution in [2.75, 3.05) is 13.2 Å². The second-order valence-corrected chi connectivity index (χ2v) is 6.84. The molecule has 3 heterocycles. The Balaban J connectivity index is 1.46. The van der Waals surface area contributed by atoms with Crippen LogP contribution in [0.5, 0.6) is 0 Å². The van der Waals surface area contributed by atoms with Crippen LogP contribution in [-0.2, 0) is 24.2 Å². The molecule has 0 spiro atoms. The maximum Gasteiger partial charge on any atom is 0.272 e. The smallest absolute Gasteiger partial charge is 0.272 e. The number of nitrogens with zero attached hydrogens (tertiary/aromatic N) is 3. The molecular weight excluding hydrogens is 330 g/mol. The molecule has 1 amide bonds. The van der Waals surface area contributed by atoms with Crippen LogP contribution < -0.4 is 5.32 Å². The van der Waals surface area contributed by atoms with Gasteiger partial charge in [0.05, 0.1) is 24.4 Å². The van der Waals surface area contributed by atoms with Crippen LogP contribution >= 0.6 is 0 Å². The molecule has 0 saturated carbocycles. The maximum atomic E-state index is 12.5. The van der Waals surface area contributed by atoms with Gasteiger partial charge in [0.1, 0.15) is 0 Å². The van der Waals surface area contributed by atoms with Crippen LogP contribution in [0.3, 0.4) is 0 Å². The zero-order valence-electron chi connectivity index (χ0n) is 15.1. The minimum atomic E-state index is -0.171. The molecule has 4 rings (SSSR count). The minimum absolute atomic E-state index is 0.171. The number of carbonyl (C=O) groups is 1. The van der Waals surface area contributed by atoms with Gasteiger partial charge in [-0.2, -0.15) is 10.2 Å². The van der Waals surface area contributed by atoms with Gasteiger partial charge in [-0.1, -0.05) is 18.2 Å². The highest BCUT2D eigenvalue weighted by atomic mass is 16.5. The zero-order valence-corrected chi connectivity index (χ0v) is 15.1. The number of amides is 1. The van der Waals surface area contributed by atoms with Crippen molar-refractivity contribution in [3.8, 4) is 0 Å². The third-order valence-corrected chi connectivity index (χ3v) is 4.75. The van der Waals surface area contributed by atoms with Crippen molar-refractivity contribution >= 4 is 16.8 Å².